The zero-order valence-electron chi connectivity index (χ0n) is 16.6. The lowest BCUT2D eigenvalue weighted by Crippen LogP contribution is -2.32. The molecule has 5 atom stereocenters. The van der Waals surface area contributed by atoms with Gasteiger partial charge in [0.2, 0.25) is 0 Å². The average Bonchev–Trinajstić information content (AvgIpc) is 3.46. The summed E-state index contributed by atoms with van der Waals surface area (Å²) in [6, 6.07) is 0. The van der Waals surface area contributed by atoms with Crippen LogP contribution in [0.4, 0.5) is 0 Å². The van der Waals surface area contributed by atoms with Crippen molar-refractivity contribution in [2.24, 2.45) is 45.8 Å². The first-order chi connectivity index (χ1) is 11.5. The Balaban J connectivity index is 1.30. The van der Waals surface area contributed by atoms with Crippen molar-refractivity contribution in [3.05, 3.63) is 0 Å². The third kappa shape index (κ3) is 2.16. The molecule has 5 fully saturated rings. The van der Waals surface area contributed by atoms with Crippen molar-refractivity contribution < 1.29 is 0 Å². The summed E-state index contributed by atoms with van der Waals surface area (Å²) >= 11 is 0. The maximum atomic E-state index is 2.74. The summed E-state index contributed by atoms with van der Waals surface area (Å²) in [6.45, 7) is 7.86. The lowest BCUT2D eigenvalue weighted by molar-refractivity contribution is 0.0939. The molecule has 0 radical (unpaired) electrons. The van der Waals surface area contributed by atoms with Gasteiger partial charge in [0.1, 0.15) is 0 Å². The van der Waals surface area contributed by atoms with Crippen LogP contribution in [0.3, 0.4) is 0 Å². The van der Waals surface area contributed by atoms with Crippen LogP contribution in [0.5, 0.6) is 0 Å². The van der Waals surface area contributed by atoms with Crippen LogP contribution in [0.2, 0.25) is 0 Å². The van der Waals surface area contributed by atoms with E-state index in [2.05, 4.69) is 20.8 Å². The third-order valence-electron chi connectivity index (χ3n) is 10.6. The first-order valence-corrected chi connectivity index (χ1v) is 11.5. The summed E-state index contributed by atoms with van der Waals surface area (Å²) in [4.78, 5) is 0. The molecular formula is C24H40. The minimum Gasteiger partial charge on any atom is -0.0651 e. The van der Waals surface area contributed by atoms with E-state index in [0.29, 0.717) is 0 Å². The Labute approximate surface area is 150 Å². The number of hydrogen-bond acceptors (Lipinski definition) is 0. The van der Waals surface area contributed by atoms with Crippen LogP contribution in [0.15, 0.2) is 0 Å². The molecule has 3 unspecified atom stereocenters. The van der Waals surface area contributed by atoms with Crippen LogP contribution in [0.1, 0.15) is 104 Å². The van der Waals surface area contributed by atoms with Gasteiger partial charge >= 0.3 is 0 Å². The lowest BCUT2D eigenvalue weighted by atomic mass is 9.65. The van der Waals surface area contributed by atoms with E-state index in [9.17, 15) is 0 Å². The van der Waals surface area contributed by atoms with Gasteiger partial charge in [-0.15, -0.1) is 0 Å². The van der Waals surface area contributed by atoms with E-state index in [4.69, 9.17) is 0 Å². The number of hydrogen-bond donors (Lipinski definition) is 0. The second kappa shape index (κ2) is 5.26. The van der Waals surface area contributed by atoms with Gasteiger partial charge in [0.15, 0.2) is 0 Å². The van der Waals surface area contributed by atoms with E-state index in [1.165, 1.54) is 19.3 Å². The second-order valence-electron chi connectivity index (χ2n) is 11.2. The van der Waals surface area contributed by atoms with Crippen molar-refractivity contribution in [2.45, 2.75) is 104 Å². The summed E-state index contributed by atoms with van der Waals surface area (Å²) < 4.78 is 0. The molecule has 0 nitrogen and oxygen atoms in total. The second-order valence-corrected chi connectivity index (χ2v) is 11.2. The van der Waals surface area contributed by atoms with Crippen molar-refractivity contribution in [3.63, 3.8) is 0 Å². The van der Waals surface area contributed by atoms with Gasteiger partial charge in [-0.2, -0.15) is 0 Å². The van der Waals surface area contributed by atoms with Crippen LogP contribution in [-0.4, -0.2) is 0 Å². The molecule has 0 aliphatic heterocycles. The van der Waals surface area contributed by atoms with Crippen molar-refractivity contribution in [1.29, 1.82) is 0 Å². The van der Waals surface area contributed by atoms with Gasteiger partial charge in [0.05, 0.1) is 0 Å². The van der Waals surface area contributed by atoms with Gasteiger partial charge in [0.25, 0.3) is 0 Å². The summed E-state index contributed by atoms with van der Waals surface area (Å²) in [6.07, 6.45) is 20.3. The zero-order valence-corrected chi connectivity index (χ0v) is 16.6. The molecule has 5 aliphatic rings. The molecular weight excluding hydrogens is 288 g/mol. The Morgan fingerprint density at radius 1 is 0.917 bits per heavy atom. The Hall–Kier alpha value is 0. The van der Waals surface area contributed by atoms with Crippen LogP contribution >= 0.6 is 0 Å². The Morgan fingerprint density at radius 2 is 1.67 bits per heavy atom. The smallest absolute Gasteiger partial charge is 0.0207 e. The maximum Gasteiger partial charge on any atom is -0.0207 e. The highest BCUT2D eigenvalue weighted by atomic mass is 14.7. The Morgan fingerprint density at radius 3 is 2.29 bits per heavy atom. The standard InChI is InChI=1S/C24H40/c1-4-19-15-23(19)13-10-20(11-14-23)22(3)16-24(22)12-6-5-7-21(17(24)2)18-8-9-18/h17-21H,4-16H2,1-3H3/t17-,19-,20?,21?,22?,23?,24?/m1/s1. The maximum absolute atomic E-state index is 2.74. The molecule has 0 bridgehead atoms. The van der Waals surface area contributed by atoms with Crippen LogP contribution in [0, 0.1) is 45.8 Å². The predicted octanol–water partition coefficient (Wildman–Crippen LogP) is 7.23. The quantitative estimate of drug-likeness (QED) is 0.513. The topological polar surface area (TPSA) is 0 Å². The summed E-state index contributed by atoms with van der Waals surface area (Å²) in [5.41, 5.74) is 2.33. The van der Waals surface area contributed by atoms with E-state index >= 15 is 0 Å². The van der Waals surface area contributed by atoms with Gasteiger partial charge < -0.3 is 0 Å². The van der Waals surface area contributed by atoms with Crippen molar-refractivity contribution >= 4 is 0 Å². The molecule has 5 rings (SSSR count). The zero-order chi connectivity index (χ0) is 16.6. The minimum absolute atomic E-state index is 0.724. The minimum atomic E-state index is 0.724. The lowest BCUT2D eigenvalue weighted by Gasteiger charge is -2.40. The highest BCUT2D eigenvalue weighted by molar-refractivity contribution is 5.19. The Kier molecular flexibility index (Phi) is 3.55. The molecule has 0 aromatic heterocycles. The van der Waals surface area contributed by atoms with Crippen LogP contribution in [-0.2, 0) is 0 Å². The van der Waals surface area contributed by atoms with E-state index in [-0.39, 0.29) is 0 Å². The molecule has 136 valence electrons. The normalized spacial score (nSPS) is 57.1. The first kappa shape index (κ1) is 16.2. The molecule has 0 aromatic rings. The number of rotatable bonds is 3. The van der Waals surface area contributed by atoms with E-state index < -0.39 is 0 Å². The largest absolute Gasteiger partial charge is 0.0651 e. The fourth-order valence-electron chi connectivity index (χ4n) is 8.54. The summed E-state index contributed by atoms with van der Waals surface area (Å²) in [5.74, 6) is 5.43. The highest BCUT2D eigenvalue weighted by Gasteiger charge is 2.71. The fraction of sp³-hybridized carbons (Fsp3) is 1.00. The molecule has 5 saturated carbocycles. The molecule has 0 amide bonds. The van der Waals surface area contributed by atoms with Crippen molar-refractivity contribution in [2.75, 3.05) is 0 Å². The van der Waals surface area contributed by atoms with Gasteiger partial charge in [-0.05, 0) is 110 Å². The average molecular weight is 329 g/mol. The Bertz CT molecular complexity index is 494. The summed E-state index contributed by atoms with van der Waals surface area (Å²) in [5, 5.41) is 0. The van der Waals surface area contributed by atoms with E-state index in [0.717, 1.165) is 45.8 Å². The van der Waals surface area contributed by atoms with Gasteiger partial charge in [-0.25, -0.2) is 0 Å². The van der Waals surface area contributed by atoms with Crippen molar-refractivity contribution in [1.82, 2.24) is 0 Å². The first-order valence-electron chi connectivity index (χ1n) is 11.5. The molecule has 0 N–H and O–H groups in total. The molecule has 0 heteroatoms. The summed E-state index contributed by atoms with van der Waals surface area (Å²) in [7, 11) is 0. The molecule has 24 heavy (non-hydrogen) atoms. The van der Waals surface area contributed by atoms with E-state index in [1.54, 1.807) is 64.2 Å². The van der Waals surface area contributed by atoms with Crippen LogP contribution < -0.4 is 0 Å². The fourth-order valence-corrected chi connectivity index (χ4v) is 8.54. The third-order valence-corrected chi connectivity index (χ3v) is 10.6. The highest BCUT2D eigenvalue weighted by Crippen LogP contribution is 2.79. The molecule has 0 saturated heterocycles. The van der Waals surface area contributed by atoms with Crippen molar-refractivity contribution in [3.8, 4) is 0 Å². The van der Waals surface area contributed by atoms with Gasteiger partial charge in [0, 0.05) is 0 Å². The molecule has 0 aromatic carbocycles. The molecule has 5 aliphatic carbocycles. The molecule has 2 spiro atoms. The van der Waals surface area contributed by atoms with Gasteiger partial charge in [-0.3, -0.25) is 0 Å². The predicted molar refractivity (Wildman–Crippen MR) is 102 cm³/mol. The van der Waals surface area contributed by atoms with E-state index in [1.807, 2.05) is 0 Å². The van der Waals surface area contributed by atoms with Crippen LogP contribution in [0.25, 0.3) is 0 Å². The molecule has 0 heterocycles. The SMILES string of the molecule is CC[C@@H]1CC12CCC(C1(C)CC13CCCCC(C1CC1)[C@H]3C)CC2. The van der Waals surface area contributed by atoms with Gasteiger partial charge in [-0.1, -0.05) is 40.0 Å². The monoisotopic (exact) mass is 328 g/mol.